The SMILES string of the molecule is O=[N+]([O-])c1ccc(Cl)cc1Cc1ccccc1. The number of nitro benzene ring substituents is 1. The second kappa shape index (κ2) is 4.97. The Labute approximate surface area is 104 Å². The van der Waals surface area contributed by atoms with E-state index in [4.69, 9.17) is 11.6 Å². The summed E-state index contributed by atoms with van der Waals surface area (Å²) in [7, 11) is 0. The minimum absolute atomic E-state index is 0.109. The highest BCUT2D eigenvalue weighted by Crippen LogP contribution is 2.25. The molecule has 0 aliphatic carbocycles. The van der Waals surface area contributed by atoms with Gasteiger partial charge < -0.3 is 0 Å². The fraction of sp³-hybridized carbons (Fsp3) is 0.0769. The molecule has 0 aliphatic rings. The average Bonchev–Trinajstić information content (AvgIpc) is 2.30. The van der Waals surface area contributed by atoms with Crippen LogP contribution in [-0.4, -0.2) is 4.92 Å². The highest BCUT2D eigenvalue weighted by atomic mass is 35.5. The van der Waals surface area contributed by atoms with Gasteiger partial charge in [0.15, 0.2) is 0 Å². The van der Waals surface area contributed by atoms with Crippen molar-refractivity contribution in [1.29, 1.82) is 0 Å². The summed E-state index contributed by atoms with van der Waals surface area (Å²) < 4.78 is 0. The highest BCUT2D eigenvalue weighted by molar-refractivity contribution is 6.30. The normalized spacial score (nSPS) is 10.2. The fourth-order valence-corrected chi connectivity index (χ4v) is 1.88. The Morgan fingerprint density at radius 3 is 2.47 bits per heavy atom. The third-order valence-electron chi connectivity index (χ3n) is 2.48. The Balaban J connectivity index is 2.37. The van der Waals surface area contributed by atoms with Crippen molar-refractivity contribution in [3.63, 3.8) is 0 Å². The first-order valence-electron chi connectivity index (χ1n) is 5.13. The molecule has 86 valence electrons. The molecule has 0 aliphatic heterocycles. The number of rotatable bonds is 3. The van der Waals surface area contributed by atoms with E-state index < -0.39 is 0 Å². The van der Waals surface area contributed by atoms with Crippen LogP contribution < -0.4 is 0 Å². The molecule has 0 fully saturated rings. The fourth-order valence-electron chi connectivity index (χ4n) is 1.69. The van der Waals surface area contributed by atoms with Crippen LogP contribution in [0.1, 0.15) is 11.1 Å². The summed E-state index contributed by atoms with van der Waals surface area (Å²) in [4.78, 5) is 10.5. The molecule has 0 amide bonds. The molecular weight excluding hydrogens is 238 g/mol. The van der Waals surface area contributed by atoms with Gasteiger partial charge in [-0.25, -0.2) is 0 Å². The van der Waals surface area contributed by atoms with Crippen molar-refractivity contribution >= 4 is 17.3 Å². The van der Waals surface area contributed by atoms with E-state index in [1.807, 2.05) is 30.3 Å². The van der Waals surface area contributed by atoms with Crippen molar-refractivity contribution in [2.24, 2.45) is 0 Å². The molecule has 2 aromatic carbocycles. The molecule has 0 aromatic heterocycles. The van der Waals surface area contributed by atoms with E-state index in [0.717, 1.165) is 5.56 Å². The largest absolute Gasteiger partial charge is 0.273 e. The molecule has 0 N–H and O–H groups in total. The molecule has 0 saturated carbocycles. The van der Waals surface area contributed by atoms with Gasteiger partial charge in [0, 0.05) is 23.1 Å². The second-order valence-corrected chi connectivity index (χ2v) is 4.13. The number of benzene rings is 2. The Morgan fingerprint density at radius 1 is 1.12 bits per heavy atom. The van der Waals surface area contributed by atoms with Crippen LogP contribution >= 0.6 is 11.6 Å². The smallest absolute Gasteiger partial charge is 0.258 e. The second-order valence-electron chi connectivity index (χ2n) is 3.69. The minimum atomic E-state index is -0.380. The van der Waals surface area contributed by atoms with Crippen LogP contribution in [0.5, 0.6) is 0 Å². The molecule has 17 heavy (non-hydrogen) atoms. The molecule has 3 nitrogen and oxygen atoms in total. The Bertz CT molecular complexity index is 540. The van der Waals surface area contributed by atoms with Gasteiger partial charge in [0.2, 0.25) is 0 Å². The lowest BCUT2D eigenvalue weighted by Crippen LogP contribution is -1.96. The molecular formula is C13H10ClNO2. The van der Waals surface area contributed by atoms with Crippen LogP contribution in [0.15, 0.2) is 48.5 Å². The molecule has 0 heterocycles. The Hall–Kier alpha value is -1.87. The summed E-state index contributed by atoms with van der Waals surface area (Å²) >= 11 is 5.87. The number of hydrogen-bond donors (Lipinski definition) is 0. The zero-order valence-corrected chi connectivity index (χ0v) is 9.72. The van der Waals surface area contributed by atoms with E-state index in [9.17, 15) is 10.1 Å². The molecule has 0 saturated heterocycles. The molecule has 0 spiro atoms. The first-order chi connectivity index (χ1) is 8.16. The molecule has 0 atom stereocenters. The number of hydrogen-bond acceptors (Lipinski definition) is 2. The number of halogens is 1. The number of nitro groups is 1. The lowest BCUT2D eigenvalue weighted by atomic mass is 10.0. The number of nitrogens with zero attached hydrogens (tertiary/aromatic N) is 1. The van der Waals surface area contributed by atoms with Crippen LogP contribution in [0.2, 0.25) is 5.02 Å². The van der Waals surface area contributed by atoms with Crippen molar-refractivity contribution in [2.75, 3.05) is 0 Å². The summed E-state index contributed by atoms with van der Waals surface area (Å²) in [6.45, 7) is 0. The van der Waals surface area contributed by atoms with E-state index >= 15 is 0 Å². The first kappa shape index (κ1) is 11.6. The molecule has 2 aromatic rings. The van der Waals surface area contributed by atoms with E-state index in [1.54, 1.807) is 6.07 Å². The third-order valence-corrected chi connectivity index (χ3v) is 2.71. The average molecular weight is 248 g/mol. The van der Waals surface area contributed by atoms with Gasteiger partial charge in [0.25, 0.3) is 5.69 Å². The van der Waals surface area contributed by atoms with Gasteiger partial charge in [-0.15, -0.1) is 0 Å². The van der Waals surface area contributed by atoms with Gasteiger partial charge in [-0.1, -0.05) is 41.9 Å². The topological polar surface area (TPSA) is 43.1 Å². The van der Waals surface area contributed by atoms with Crippen LogP contribution in [0.3, 0.4) is 0 Å². The highest BCUT2D eigenvalue weighted by Gasteiger charge is 2.13. The summed E-state index contributed by atoms with van der Waals surface area (Å²) in [5, 5.41) is 11.4. The summed E-state index contributed by atoms with van der Waals surface area (Å²) in [5.41, 5.74) is 1.77. The van der Waals surface area contributed by atoms with Crippen LogP contribution in [0, 0.1) is 10.1 Å². The van der Waals surface area contributed by atoms with Crippen molar-refractivity contribution in [2.45, 2.75) is 6.42 Å². The maximum absolute atomic E-state index is 10.9. The van der Waals surface area contributed by atoms with Gasteiger partial charge in [-0.3, -0.25) is 10.1 Å². The predicted octanol–water partition coefficient (Wildman–Crippen LogP) is 3.84. The van der Waals surface area contributed by atoms with Gasteiger partial charge >= 0.3 is 0 Å². The zero-order valence-electron chi connectivity index (χ0n) is 8.97. The van der Waals surface area contributed by atoms with E-state index in [1.165, 1.54) is 12.1 Å². The lowest BCUT2D eigenvalue weighted by Gasteiger charge is -2.03. The third kappa shape index (κ3) is 2.82. The monoisotopic (exact) mass is 247 g/mol. The summed E-state index contributed by atoms with van der Waals surface area (Å²) in [6, 6.07) is 14.2. The van der Waals surface area contributed by atoms with Crippen molar-refractivity contribution in [3.8, 4) is 0 Å². The summed E-state index contributed by atoms with van der Waals surface area (Å²) in [5.74, 6) is 0. The van der Waals surface area contributed by atoms with Crippen molar-refractivity contribution in [3.05, 3.63) is 74.8 Å². The zero-order chi connectivity index (χ0) is 12.3. The van der Waals surface area contributed by atoms with Gasteiger partial charge in [-0.05, 0) is 17.7 Å². The minimum Gasteiger partial charge on any atom is -0.258 e. The van der Waals surface area contributed by atoms with Gasteiger partial charge in [0.05, 0.1) is 4.92 Å². The van der Waals surface area contributed by atoms with Crippen LogP contribution in [-0.2, 0) is 6.42 Å². The first-order valence-corrected chi connectivity index (χ1v) is 5.51. The van der Waals surface area contributed by atoms with Crippen LogP contribution in [0.4, 0.5) is 5.69 Å². The molecule has 4 heteroatoms. The summed E-state index contributed by atoms with van der Waals surface area (Å²) in [6.07, 6.45) is 0.512. The Morgan fingerprint density at radius 2 is 1.82 bits per heavy atom. The van der Waals surface area contributed by atoms with Crippen molar-refractivity contribution < 1.29 is 4.92 Å². The van der Waals surface area contributed by atoms with E-state index in [2.05, 4.69) is 0 Å². The standard InChI is InChI=1S/C13H10ClNO2/c14-12-6-7-13(15(16)17)11(9-12)8-10-4-2-1-3-5-10/h1-7,9H,8H2. The maximum atomic E-state index is 10.9. The van der Waals surface area contributed by atoms with Gasteiger partial charge in [0.1, 0.15) is 0 Å². The van der Waals surface area contributed by atoms with Crippen molar-refractivity contribution in [1.82, 2.24) is 0 Å². The molecule has 0 radical (unpaired) electrons. The quantitative estimate of drug-likeness (QED) is 0.611. The van der Waals surface area contributed by atoms with E-state index in [0.29, 0.717) is 17.0 Å². The van der Waals surface area contributed by atoms with Crippen LogP contribution in [0.25, 0.3) is 0 Å². The lowest BCUT2D eigenvalue weighted by molar-refractivity contribution is -0.385. The predicted molar refractivity (Wildman–Crippen MR) is 67.4 cm³/mol. The Kier molecular flexibility index (Phi) is 3.40. The molecule has 0 bridgehead atoms. The maximum Gasteiger partial charge on any atom is 0.273 e. The van der Waals surface area contributed by atoms with Gasteiger partial charge in [-0.2, -0.15) is 0 Å². The molecule has 0 unspecified atom stereocenters. The molecule has 2 rings (SSSR count). The van der Waals surface area contributed by atoms with E-state index in [-0.39, 0.29) is 10.6 Å².